The molecule has 0 aliphatic heterocycles. The number of hydrogen-bond donors (Lipinski definition) is 0. The zero-order valence-corrected chi connectivity index (χ0v) is 83.6. The van der Waals surface area contributed by atoms with Crippen molar-refractivity contribution < 1.29 is 38.0 Å². The molecule has 0 unspecified atom stereocenters. The van der Waals surface area contributed by atoms with Crippen molar-refractivity contribution in [1.29, 1.82) is 0 Å². The van der Waals surface area contributed by atoms with Gasteiger partial charge in [0.25, 0.3) is 0 Å². The smallest absolute Gasteiger partial charge is 0.330 e. The molecular formula is C118H122Br2Cl2N4O8. The van der Waals surface area contributed by atoms with Gasteiger partial charge in [-0.2, -0.15) is 0 Å². The van der Waals surface area contributed by atoms with Gasteiger partial charge < -0.3 is 48.0 Å². The van der Waals surface area contributed by atoms with Crippen LogP contribution in [0.25, 0.3) is 33.4 Å². The number of anilines is 12. The number of carbonyl (C=O) groups excluding carboxylic acids is 2. The second-order valence-corrected chi connectivity index (χ2v) is 39.2. The van der Waals surface area contributed by atoms with Crippen molar-refractivity contribution in [1.82, 2.24) is 0 Å². The summed E-state index contributed by atoms with van der Waals surface area (Å²) in [6, 6.07) is 120. The van der Waals surface area contributed by atoms with Gasteiger partial charge in [-0.05, 0) is 309 Å². The van der Waals surface area contributed by atoms with Crippen molar-refractivity contribution in [2.75, 3.05) is 71.0 Å². The Balaban J connectivity index is 0.000000211. The fourth-order valence-electron chi connectivity index (χ4n) is 14.9. The quantitative estimate of drug-likeness (QED) is 0.0164. The molecule has 0 saturated heterocycles. The fourth-order valence-corrected chi connectivity index (χ4v) is 15.7. The lowest BCUT2D eigenvalue weighted by Gasteiger charge is -2.27. The number of nitrogens with zero attached hydrogens (tertiary/aromatic N) is 4. The first kappa shape index (κ1) is 100. The lowest BCUT2D eigenvalue weighted by molar-refractivity contribution is -0.138. The maximum Gasteiger partial charge on any atom is 0.330 e. The molecule has 0 amide bonds. The topological polar surface area (TPSA) is 102 Å². The average Bonchev–Trinajstić information content (AvgIpc) is 0.794. The van der Waals surface area contributed by atoms with Crippen LogP contribution in [0.4, 0.5) is 68.2 Å². The van der Waals surface area contributed by atoms with Gasteiger partial charge in [0.1, 0.15) is 23.0 Å². The molecule has 0 aromatic heterocycles. The lowest BCUT2D eigenvalue weighted by Crippen LogP contribution is -2.13. The number of rotatable bonds is 35. The monoisotopic (exact) mass is 1950 g/mol. The maximum atomic E-state index is 11.3. The first-order chi connectivity index (χ1) is 64.4. The van der Waals surface area contributed by atoms with Crippen LogP contribution >= 0.6 is 55.1 Å². The largest absolute Gasteiger partial charge is 0.494 e. The van der Waals surface area contributed by atoms with Crippen LogP contribution in [0.3, 0.4) is 0 Å². The van der Waals surface area contributed by atoms with Crippen LogP contribution in [0.5, 0.6) is 23.0 Å². The molecule has 0 N–H and O–H groups in total. The fraction of sp³-hybridized carbons (Fsp3) is 0.237. The number of ether oxygens (including phenoxy) is 6. The standard InChI is InChI=1S/C56H60N2O6.C50H54Cl2N2O2.C12H8Br2/c1-9-53(59)63-39-11-37-61-51-33-29-49(30-34-51)57(47-25-17-43(18-26-47)55(3,4)5)45-21-13-41(14-22-45)42-15-23-46(24-16-42)58(48-27-19-44(20-28-48)56(6,7)8)50-31-35-52(36-32-50)62-38-12-40-64-54(60)10-2;1-49(2,3)39-13-21-43(22-14-39)53(45-25-29-47(30-26-45)55-35-7-33-51)41-17-9-37(10-18-41)38-11-19-42(20-12-38)54(44-23-15-40(16-24-44)50(4,5)6)46-27-31-48(32-28-46)56-36-8-34-52;13-11-5-1-9(2-6-11)10-3-7-12(14)8-4-10/h9-10,13-36H,1-2,11-12,37-40H2,3-8H3;9-32H,7-8,33-36H2,1-6H3;1-8H. The molecule has 0 atom stereocenters. The highest BCUT2D eigenvalue weighted by Gasteiger charge is 2.24. The van der Waals surface area contributed by atoms with Crippen LogP contribution in [-0.4, -0.2) is 63.3 Å². The molecule has 0 fully saturated rings. The van der Waals surface area contributed by atoms with Crippen LogP contribution < -0.4 is 38.5 Å². The Bertz CT molecular complexity index is 5650. The Kier molecular flexibility index (Phi) is 35.9. The highest BCUT2D eigenvalue weighted by atomic mass is 79.9. The van der Waals surface area contributed by atoms with Crippen molar-refractivity contribution in [2.24, 2.45) is 0 Å². The van der Waals surface area contributed by atoms with E-state index < -0.39 is 11.9 Å². The zero-order chi connectivity index (χ0) is 95.4. The highest BCUT2D eigenvalue weighted by Crippen LogP contribution is 2.45. The molecule has 16 heteroatoms. The van der Waals surface area contributed by atoms with Crippen LogP contribution in [-0.2, 0) is 40.7 Å². The highest BCUT2D eigenvalue weighted by molar-refractivity contribution is 9.10. The molecule has 0 heterocycles. The van der Waals surface area contributed by atoms with E-state index in [1.807, 2.05) is 48.5 Å². The van der Waals surface area contributed by atoms with E-state index in [1.54, 1.807) is 0 Å². The molecule has 0 radical (unpaired) electrons. The van der Waals surface area contributed by atoms with Gasteiger partial charge in [0, 0.05) is 114 Å². The maximum absolute atomic E-state index is 11.3. The lowest BCUT2D eigenvalue weighted by atomic mass is 9.87. The molecular weight excluding hydrogens is 1830 g/mol. The molecule has 690 valence electrons. The predicted molar refractivity (Wildman–Crippen MR) is 569 cm³/mol. The third kappa shape index (κ3) is 28.7. The number of esters is 2. The third-order valence-corrected chi connectivity index (χ3v) is 24.2. The summed E-state index contributed by atoms with van der Waals surface area (Å²) in [5, 5.41) is 0. The Labute approximate surface area is 821 Å². The summed E-state index contributed by atoms with van der Waals surface area (Å²) in [7, 11) is 0. The molecule has 14 rings (SSSR count). The van der Waals surface area contributed by atoms with Crippen molar-refractivity contribution in [3.05, 3.63) is 396 Å². The molecule has 12 nitrogen and oxygen atoms in total. The zero-order valence-electron chi connectivity index (χ0n) is 79.0. The summed E-state index contributed by atoms with van der Waals surface area (Å²) in [5.74, 6) is 3.46. The molecule has 0 aliphatic rings. The van der Waals surface area contributed by atoms with Gasteiger partial charge in [0.05, 0.1) is 39.6 Å². The summed E-state index contributed by atoms with van der Waals surface area (Å²) < 4.78 is 36.1. The molecule has 0 saturated carbocycles. The van der Waals surface area contributed by atoms with E-state index in [9.17, 15) is 9.59 Å². The molecule has 0 spiro atoms. The summed E-state index contributed by atoms with van der Waals surface area (Å²) in [5.41, 5.74) is 24.9. The number of benzene rings is 14. The molecule has 134 heavy (non-hydrogen) atoms. The van der Waals surface area contributed by atoms with E-state index >= 15 is 0 Å². The van der Waals surface area contributed by atoms with Gasteiger partial charge in [-0.3, -0.25) is 0 Å². The van der Waals surface area contributed by atoms with Crippen LogP contribution in [0.2, 0.25) is 0 Å². The number of halogens is 4. The number of alkyl halides is 2. The molecule has 0 bridgehead atoms. The van der Waals surface area contributed by atoms with Gasteiger partial charge in [0.2, 0.25) is 0 Å². The van der Waals surface area contributed by atoms with E-state index in [1.165, 1.54) is 33.4 Å². The minimum absolute atomic E-state index is 0.0313. The molecule has 14 aromatic carbocycles. The van der Waals surface area contributed by atoms with Gasteiger partial charge in [-0.15, -0.1) is 23.2 Å². The minimum atomic E-state index is -0.433. The van der Waals surface area contributed by atoms with E-state index in [0.717, 1.165) is 147 Å². The minimum Gasteiger partial charge on any atom is -0.494 e. The van der Waals surface area contributed by atoms with E-state index in [-0.39, 0.29) is 34.9 Å². The second kappa shape index (κ2) is 47.9. The molecule has 14 aromatic rings. The first-order valence-corrected chi connectivity index (χ1v) is 48.3. The Morgan fingerprint density at radius 3 is 0.567 bits per heavy atom. The van der Waals surface area contributed by atoms with Gasteiger partial charge in [-0.1, -0.05) is 249 Å². The van der Waals surface area contributed by atoms with Crippen molar-refractivity contribution in [3.63, 3.8) is 0 Å². The summed E-state index contributed by atoms with van der Waals surface area (Å²) in [6.45, 7) is 36.3. The van der Waals surface area contributed by atoms with Gasteiger partial charge >= 0.3 is 11.9 Å². The number of hydrogen-bond acceptors (Lipinski definition) is 12. The Morgan fingerprint density at radius 1 is 0.246 bits per heavy atom. The van der Waals surface area contributed by atoms with Gasteiger partial charge in [0.15, 0.2) is 0 Å². The van der Waals surface area contributed by atoms with Gasteiger partial charge in [-0.25, -0.2) is 9.59 Å². The third-order valence-electron chi connectivity index (χ3n) is 22.6. The van der Waals surface area contributed by atoms with Crippen molar-refractivity contribution >= 4 is 135 Å². The van der Waals surface area contributed by atoms with E-state index in [0.29, 0.717) is 51.0 Å². The summed E-state index contributed by atoms with van der Waals surface area (Å²) in [6.07, 6.45) is 5.11. The molecule has 0 aliphatic carbocycles. The first-order valence-electron chi connectivity index (χ1n) is 45.6. The summed E-state index contributed by atoms with van der Waals surface area (Å²) >= 11 is 18.6. The normalized spacial score (nSPS) is 11.3. The van der Waals surface area contributed by atoms with E-state index in [4.69, 9.17) is 51.6 Å². The average molecular weight is 1960 g/mol. The second-order valence-electron chi connectivity index (χ2n) is 36.6. The van der Waals surface area contributed by atoms with E-state index in [2.05, 4.69) is 439 Å². The Hall–Kier alpha value is -12.6. The van der Waals surface area contributed by atoms with Crippen LogP contribution in [0.15, 0.2) is 374 Å². The SMILES string of the molecule is Brc1ccc(-c2ccc(Br)cc2)cc1.C=CC(=O)OCCCOc1ccc(N(c2ccc(-c3ccc(N(c4ccc(OCCCOC(=O)C=C)cc4)c4ccc(C(C)(C)C)cc4)cc3)cc2)c2ccc(C(C)(C)C)cc2)cc1.CC(C)(C)c1ccc(N(c2ccc(OCCCCl)cc2)c2ccc(-c3ccc(N(c4ccc(OCCCCl)cc4)c4ccc(C(C)(C)C)cc4)cc3)cc2)cc1. The van der Waals surface area contributed by atoms with Crippen molar-refractivity contribution in [3.8, 4) is 56.4 Å². The van der Waals surface area contributed by atoms with Crippen LogP contribution in [0.1, 0.15) is 131 Å². The van der Waals surface area contributed by atoms with Crippen LogP contribution in [0, 0.1) is 0 Å². The van der Waals surface area contributed by atoms with Crippen molar-refractivity contribution in [2.45, 2.75) is 130 Å². The predicted octanol–water partition coefficient (Wildman–Crippen LogP) is 33.7. The Morgan fingerprint density at radius 2 is 0.403 bits per heavy atom. The summed E-state index contributed by atoms with van der Waals surface area (Å²) in [4.78, 5) is 31.8. The number of carbonyl (C=O) groups is 2.